The summed E-state index contributed by atoms with van der Waals surface area (Å²) < 4.78 is 0. The molecule has 166 valence electrons. The van der Waals surface area contributed by atoms with Gasteiger partial charge in [-0.25, -0.2) is 0 Å². The molecule has 31 heavy (non-hydrogen) atoms. The van der Waals surface area contributed by atoms with Gasteiger partial charge in [-0.15, -0.1) is 0 Å². The SMILES string of the molecule is CCCC(=O)N(Cc1cccc(Cl)c1)[C@H](Cc1ccccc1)C(=O)NC1CCCCC1. The standard InChI is InChI=1S/C26H33ClN2O2/c1-2-10-25(30)29(19-21-13-9-14-22(27)17-21)24(18-20-11-5-3-6-12-20)26(31)28-23-15-7-4-8-16-23/h3,5-6,9,11-14,17,23-24H,2,4,7-8,10,15-16,18-19H2,1H3,(H,28,31)/t24-/m1/s1. The lowest BCUT2D eigenvalue weighted by Crippen LogP contribution is -2.52. The third kappa shape index (κ3) is 7.10. The van der Waals surface area contributed by atoms with E-state index < -0.39 is 6.04 Å². The second-order valence-corrected chi connectivity index (χ2v) is 8.89. The van der Waals surface area contributed by atoms with E-state index in [1.54, 1.807) is 4.90 Å². The predicted molar refractivity (Wildman–Crippen MR) is 126 cm³/mol. The molecule has 3 rings (SSSR count). The molecule has 2 aromatic rings. The van der Waals surface area contributed by atoms with Gasteiger partial charge in [0.05, 0.1) is 0 Å². The molecule has 1 aliphatic carbocycles. The van der Waals surface area contributed by atoms with Crippen LogP contribution < -0.4 is 5.32 Å². The Morgan fingerprint density at radius 2 is 1.74 bits per heavy atom. The first-order chi connectivity index (χ1) is 15.1. The van der Waals surface area contributed by atoms with Gasteiger partial charge >= 0.3 is 0 Å². The van der Waals surface area contributed by atoms with Gasteiger partial charge in [-0.2, -0.15) is 0 Å². The van der Waals surface area contributed by atoms with Crippen molar-refractivity contribution in [2.45, 2.75) is 76.9 Å². The average molecular weight is 441 g/mol. The maximum atomic E-state index is 13.5. The Morgan fingerprint density at radius 1 is 1.03 bits per heavy atom. The van der Waals surface area contributed by atoms with Crippen LogP contribution in [-0.2, 0) is 22.6 Å². The number of halogens is 1. The van der Waals surface area contributed by atoms with Gasteiger partial charge in [0.2, 0.25) is 11.8 Å². The predicted octanol–water partition coefficient (Wildman–Crippen LogP) is 5.53. The Bertz CT molecular complexity index is 849. The molecule has 0 bridgehead atoms. The van der Waals surface area contributed by atoms with Gasteiger partial charge in [0.15, 0.2) is 0 Å². The fourth-order valence-electron chi connectivity index (χ4n) is 4.29. The van der Waals surface area contributed by atoms with Crippen LogP contribution in [0.2, 0.25) is 5.02 Å². The molecule has 0 heterocycles. The van der Waals surface area contributed by atoms with Crippen LogP contribution in [-0.4, -0.2) is 28.8 Å². The first-order valence-electron chi connectivity index (χ1n) is 11.4. The van der Waals surface area contributed by atoms with E-state index in [1.165, 1.54) is 6.42 Å². The van der Waals surface area contributed by atoms with E-state index in [9.17, 15) is 9.59 Å². The lowest BCUT2D eigenvalue weighted by molar-refractivity contribution is -0.141. The van der Waals surface area contributed by atoms with Crippen molar-refractivity contribution in [3.05, 3.63) is 70.7 Å². The van der Waals surface area contributed by atoms with Gasteiger partial charge in [-0.3, -0.25) is 9.59 Å². The van der Waals surface area contributed by atoms with Gasteiger partial charge in [0, 0.05) is 30.5 Å². The number of hydrogen-bond acceptors (Lipinski definition) is 2. The zero-order valence-electron chi connectivity index (χ0n) is 18.4. The summed E-state index contributed by atoms with van der Waals surface area (Å²) >= 11 is 6.19. The second-order valence-electron chi connectivity index (χ2n) is 8.45. The summed E-state index contributed by atoms with van der Waals surface area (Å²) in [5, 5.41) is 3.89. The van der Waals surface area contributed by atoms with Gasteiger partial charge in [0.1, 0.15) is 6.04 Å². The van der Waals surface area contributed by atoms with Crippen molar-refractivity contribution in [2.75, 3.05) is 0 Å². The second kappa shape index (κ2) is 11.9. The molecule has 0 radical (unpaired) electrons. The van der Waals surface area contributed by atoms with Crippen LogP contribution in [0.25, 0.3) is 0 Å². The molecule has 0 unspecified atom stereocenters. The summed E-state index contributed by atoms with van der Waals surface area (Å²) in [6.07, 6.45) is 7.22. The van der Waals surface area contributed by atoms with Crippen molar-refractivity contribution in [3.63, 3.8) is 0 Å². The van der Waals surface area contributed by atoms with Crippen LogP contribution >= 0.6 is 11.6 Å². The summed E-state index contributed by atoms with van der Waals surface area (Å²) in [6.45, 7) is 2.36. The molecule has 4 nitrogen and oxygen atoms in total. The van der Waals surface area contributed by atoms with Crippen molar-refractivity contribution in [2.24, 2.45) is 0 Å². The van der Waals surface area contributed by atoms with Crippen LogP contribution in [0, 0.1) is 0 Å². The van der Waals surface area contributed by atoms with E-state index in [1.807, 2.05) is 61.5 Å². The monoisotopic (exact) mass is 440 g/mol. The highest BCUT2D eigenvalue weighted by molar-refractivity contribution is 6.30. The first kappa shape index (κ1) is 23.3. The van der Waals surface area contributed by atoms with E-state index in [2.05, 4.69) is 5.32 Å². The molecule has 2 aromatic carbocycles. The van der Waals surface area contributed by atoms with E-state index in [0.29, 0.717) is 24.4 Å². The highest BCUT2D eigenvalue weighted by Gasteiger charge is 2.31. The molecule has 1 N–H and O–H groups in total. The van der Waals surface area contributed by atoms with E-state index in [4.69, 9.17) is 11.6 Å². The minimum absolute atomic E-state index is 0.00204. The van der Waals surface area contributed by atoms with Crippen molar-refractivity contribution in [3.8, 4) is 0 Å². The van der Waals surface area contributed by atoms with Crippen LogP contribution in [0.4, 0.5) is 0 Å². The smallest absolute Gasteiger partial charge is 0.243 e. The van der Waals surface area contributed by atoms with Gasteiger partial charge in [-0.1, -0.05) is 80.3 Å². The number of benzene rings is 2. The summed E-state index contributed by atoms with van der Waals surface area (Å²) in [4.78, 5) is 28.4. The highest BCUT2D eigenvalue weighted by Crippen LogP contribution is 2.21. The molecule has 1 fully saturated rings. The molecule has 0 spiro atoms. The molecule has 0 saturated heterocycles. The largest absolute Gasteiger partial charge is 0.352 e. The van der Waals surface area contributed by atoms with Crippen molar-refractivity contribution in [1.29, 1.82) is 0 Å². The Labute approximate surface area is 191 Å². The zero-order chi connectivity index (χ0) is 22.1. The minimum Gasteiger partial charge on any atom is -0.352 e. The van der Waals surface area contributed by atoms with Crippen LogP contribution in [0.1, 0.15) is 63.0 Å². The lowest BCUT2D eigenvalue weighted by atomic mass is 9.94. The number of rotatable bonds is 9. The van der Waals surface area contributed by atoms with Crippen molar-refractivity contribution in [1.82, 2.24) is 10.2 Å². The summed E-state index contributed by atoms with van der Waals surface area (Å²) in [6, 6.07) is 17.1. The number of amides is 2. The summed E-state index contributed by atoms with van der Waals surface area (Å²) in [5.74, 6) is -0.0514. The molecule has 5 heteroatoms. The minimum atomic E-state index is -0.553. The summed E-state index contributed by atoms with van der Waals surface area (Å²) in [5.41, 5.74) is 1.98. The maximum absolute atomic E-state index is 13.5. The fourth-order valence-corrected chi connectivity index (χ4v) is 4.50. The Morgan fingerprint density at radius 3 is 2.42 bits per heavy atom. The number of carbonyl (C=O) groups is 2. The Balaban J connectivity index is 1.88. The molecule has 0 aromatic heterocycles. The molecule has 1 aliphatic rings. The van der Waals surface area contributed by atoms with Gasteiger partial charge < -0.3 is 10.2 Å². The van der Waals surface area contributed by atoms with E-state index in [-0.39, 0.29) is 17.9 Å². The molecule has 1 atom stereocenters. The third-order valence-corrected chi connectivity index (χ3v) is 6.16. The molecular weight excluding hydrogens is 408 g/mol. The van der Waals surface area contributed by atoms with Crippen LogP contribution in [0.3, 0.4) is 0 Å². The molecular formula is C26H33ClN2O2. The first-order valence-corrected chi connectivity index (χ1v) is 11.8. The van der Waals surface area contributed by atoms with Crippen molar-refractivity contribution >= 4 is 23.4 Å². The molecule has 2 amide bonds. The average Bonchev–Trinajstić information content (AvgIpc) is 2.77. The normalized spacial score (nSPS) is 15.3. The highest BCUT2D eigenvalue weighted by atomic mass is 35.5. The Hall–Kier alpha value is -2.33. The third-order valence-electron chi connectivity index (χ3n) is 5.93. The summed E-state index contributed by atoms with van der Waals surface area (Å²) in [7, 11) is 0. The van der Waals surface area contributed by atoms with Crippen LogP contribution in [0.5, 0.6) is 0 Å². The topological polar surface area (TPSA) is 49.4 Å². The Kier molecular flexibility index (Phi) is 8.96. The van der Waals surface area contributed by atoms with E-state index in [0.717, 1.165) is 43.2 Å². The maximum Gasteiger partial charge on any atom is 0.243 e. The quantitative estimate of drug-likeness (QED) is 0.557. The number of hydrogen-bond donors (Lipinski definition) is 1. The molecule has 0 aliphatic heterocycles. The molecule has 1 saturated carbocycles. The van der Waals surface area contributed by atoms with Crippen molar-refractivity contribution < 1.29 is 9.59 Å². The zero-order valence-corrected chi connectivity index (χ0v) is 19.1. The lowest BCUT2D eigenvalue weighted by Gasteiger charge is -2.33. The van der Waals surface area contributed by atoms with E-state index >= 15 is 0 Å². The van der Waals surface area contributed by atoms with Gasteiger partial charge in [0.25, 0.3) is 0 Å². The van der Waals surface area contributed by atoms with Gasteiger partial charge in [-0.05, 0) is 42.5 Å². The number of carbonyl (C=O) groups excluding carboxylic acids is 2. The fraction of sp³-hybridized carbons (Fsp3) is 0.462. The number of nitrogens with one attached hydrogen (secondary N) is 1. The number of nitrogens with zero attached hydrogens (tertiary/aromatic N) is 1. The van der Waals surface area contributed by atoms with Crippen LogP contribution in [0.15, 0.2) is 54.6 Å².